The van der Waals surface area contributed by atoms with Gasteiger partial charge in [-0.15, -0.1) is 10.2 Å². The van der Waals surface area contributed by atoms with Crippen molar-refractivity contribution in [2.75, 3.05) is 29.9 Å². The molecular weight excluding hydrogens is 312 g/mol. The number of likely N-dealkylation sites (N-methyl/N-ethyl adjacent to an activating group) is 1. The van der Waals surface area contributed by atoms with Gasteiger partial charge in [-0.25, -0.2) is 0 Å². The summed E-state index contributed by atoms with van der Waals surface area (Å²) in [6.07, 6.45) is 2.36. The van der Waals surface area contributed by atoms with Crippen LogP contribution in [0.1, 0.15) is 41.0 Å². The second-order valence-corrected chi connectivity index (χ2v) is 6.79. The van der Waals surface area contributed by atoms with Crippen LogP contribution in [0.3, 0.4) is 0 Å². The third-order valence-electron chi connectivity index (χ3n) is 4.15. The smallest absolute Gasteiger partial charge is 0.257 e. The highest BCUT2D eigenvalue weighted by Crippen LogP contribution is 2.42. The normalized spacial score (nSPS) is 16.7. The lowest BCUT2D eigenvalue weighted by molar-refractivity contribution is 0.102. The first kappa shape index (κ1) is 14.4. The van der Waals surface area contributed by atoms with Gasteiger partial charge >= 0.3 is 0 Å². The van der Waals surface area contributed by atoms with Crippen molar-refractivity contribution in [3.05, 3.63) is 28.8 Å². The Morgan fingerprint density at radius 1 is 1.43 bits per heavy atom. The standard InChI is InChI=1S/C16H18N4O2S/c1-2-20-7-8-22-13-6-5-11(9-12(13)20)14(21)17-16-19-18-15(23-16)10-3-4-10/h5-6,9-10H,2-4,7-8H2,1H3,(H,17,19,21). The van der Waals surface area contributed by atoms with Gasteiger partial charge < -0.3 is 9.64 Å². The Labute approximate surface area is 138 Å². The van der Waals surface area contributed by atoms with E-state index in [0.29, 0.717) is 23.2 Å². The van der Waals surface area contributed by atoms with Gasteiger partial charge in [-0.3, -0.25) is 10.1 Å². The molecule has 120 valence electrons. The molecule has 1 amide bonds. The molecule has 1 fully saturated rings. The quantitative estimate of drug-likeness (QED) is 0.933. The summed E-state index contributed by atoms with van der Waals surface area (Å²) in [5, 5.41) is 12.6. The van der Waals surface area contributed by atoms with Crippen molar-refractivity contribution in [1.29, 1.82) is 0 Å². The third-order valence-corrected chi connectivity index (χ3v) is 5.15. The Bertz CT molecular complexity index is 741. The van der Waals surface area contributed by atoms with Crippen LogP contribution >= 0.6 is 11.3 Å². The van der Waals surface area contributed by atoms with Crippen LogP contribution < -0.4 is 15.0 Å². The lowest BCUT2D eigenvalue weighted by Crippen LogP contribution is -2.32. The second-order valence-electron chi connectivity index (χ2n) is 5.78. The topological polar surface area (TPSA) is 67.3 Å². The van der Waals surface area contributed by atoms with Crippen LogP contribution in [0.25, 0.3) is 0 Å². The number of hydrogen-bond donors (Lipinski definition) is 1. The Kier molecular flexibility index (Phi) is 3.65. The third kappa shape index (κ3) is 2.88. The fourth-order valence-corrected chi connectivity index (χ4v) is 3.60. The average Bonchev–Trinajstić information content (AvgIpc) is 3.33. The molecule has 1 aliphatic carbocycles. The highest BCUT2D eigenvalue weighted by Gasteiger charge is 2.28. The number of carbonyl (C=O) groups excluding carboxylic acids is 1. The molecule has 2 aromatic rings. The molecule has 23 heavy (non-hydrogen) atoms. The Balaban J connectivity index is 1.53. The number of hydrogen-bond acceptors (Lipinski definition) is 6. The SMILES string of the molecule is CCN1CCOc2ccc(C(=O)Nc3nnc(C4CC4)s3)cc21. The van der Waals surface area contributed by atoms with E-state index in [1.165, 1.54) is 24.2 Å². The van der Waals surface area contributed by atoms with Gasteiger partial charge in [-0.2, -0.15) is 0 Å². The maximum absolute atomic E-state index is 12.5. The second kappa shape index (κ2) is 5.81. The number of fused-ring (bicyclic) bond motifs is 1. The van der Waals surface area contributed by atoms with Gasteiger partial charge in [-0.1, -0.05) is 11.3 Å². The number of benzene rings is 1. The minimum atomic E-state index is -0.159. The lowest BCUT2D eigenvalue weighted by Gasteiger charge is -2.30. The van der Waals surface area contributed by atoms with E-state index in [0.717, 1.165) is 29.5 Å². The van der Waals surface area contributed by atoms with Crippen molar-refractivity contribution in [2.24, 2.45) is 0 Å². The molecular formula is C16H18N4O2S. The Morgan fingerprint density at radius 3 is 3.09 bits per heavy atom. The number of aromatic nitrogens is 2. The highest BCUT2D eigenvalue weighted by atomic mass is 32.1. The number of nitrogens with one attached hydrogen (secondary N) is 1. The zero-order valence-electron chi connectivity index (χ0n) is 12.9. The predicted octanol–water partition coefficient (Wildman–Crippen LogP) is 2.89. The summed E-state index contributed by atoms with van der Waals surface area (Å²) in [5.41, 5.74) is 1.58. The zero-order chi connectivity index (χ0) is 15.8. The molecule has 0 saturated heterocycles. The maximum atomic E-state index is 12.5. The van der Waals surface area contributed by atoms with E-state index in [9.17, 15) is 4.79 Å². The summed E-state index contributed by atoms with van der Waals surface area (Å²) >= 11 is 1.47. The van der Waals surface area contributed by atoms with E-state index in [1.807, 2.05) is 12.1 Å². The average molecular weight is 330 g/mol. The summed E-state index contributed by atoms with van der Waals surface area (Å²) in [4.78, 5) is 14.7. The number of carbonyl (C=O) groups is 1. The van der Waals surface area contributed by atoms with Gasteiger partial charge in [0, 0.05) is 18.0 Å². The molecule has 1 aromatic carbocycles. The molecule has 1 aliphatic heterocycles. The number of amides is 1. The van der Waals surface area contributed by atoms with Crippen LogP contribution in [0, 0.1) is 0 Å². The molecule has 0 unspecified atom stereocenters. The molecule has 0 spiro atoms. The molecule has 1 saturated carbocycles. The first-order chi connectivity index (χ1) is 11.2. The van der Waals surface area contributed by atoms with Crippen LogP contribution in [-0.2, 0) is 0 Å². The summed E-state index contributed by atoms with van der Waals surface area (Å²) in [5.74, 6) is 1.23. The lowest BCUT2D eigenvalue weighted by atomic mass is 10.1. The van der Waals surface area contributed by atoms with Gasteiger partial charge in [0.2, 0.25) is 5.13 Å². The van der Waals surface area contributed by atoms with E-state index >= 15 is 0 Å². The van der Waals surface area contributed by atoms with Gasteiger partial charge in [0.05, 0.1) is 12.2 Å². The van der Waals surface area contributed by atoms with Crippen LogP contribution in [-0.4, -0.2) is 35.8 Å². The number of nitrogens with zero attached hydrogens (tertiary/aromatic N) is 3. The highest BCUT2D eigenvalue weighted by molar-refractivity contribution is 7.15. The van der Waals surface area contributed by atoms with Gasteiger partial charge in [0.25, 0.3) is 5.91 Å². The van der Waals surface area contributed by atoms with Crippen molar-refractivity contribution < 1.29 is 9.53 Å². The monoisotopic (exact) mass is 330 g/mol. The zero-order valence-corrected chi connectivity index (χ0v) is 13.7. The largest absolute Gasteiger partial charge is 0.490 e. The Hall–Kier alpha value is -2.15. The van der Waals surface area contributed by atoms with Crippen molar-refractivity contribution in [3.8, 4) is 5.75 Å². The summed E-state index contributed by atoms with van der Waals surface area (Å²) in [6, 6.07) is 5.54. The van der Waals surface area contributed by atoms with Crippen molar-refractivity contribution in [1.82, 2.24) is 10.2 Å². The number of ether oxygens (including phenoxy) is 1. The van der Waals surface area contributed by atoms with Crippen LogP contribution in [0.2, 0.25) is 0 Å². The summed E-state index contributed by atoms with van der Waals surface area (Å²) < 4.78 is 5.65. The molecule has 1 aromatic heterocycles. The van der Waals surface area contributed by atoms with Gasteiger partial charge in [-0.05, 0) is 38.0 Å². The van der Waals surface area contributed by atoms with E-state index in [-0.39, 0.29) is 5.91 Å². The molecule has 1 N–H and O–H groups in total. The molecule has 4 rings (SSSR count). The minimum Gasteiger partial charge on any atom is -0.490 e. The fraction of sp³-hybridized carbons (Fsp3) is 0.438. The molecule has 0 radical (unpaired) electrons. The van der Waals surface area contributed by atoms with E-state index in [1.54, 1.807) is 6.07 Å². The number of anilines is 2. The van der Waals surface area contributed by atoms with Crippen LogP contribution in [0.15, 0.2) is 18.2 Å². The number of rotatable bonds is 4. The van der Waals surface area contributed by atoms with Crippen LogP contribution in [0.4, 0.5) is 10.8 Å². The molecule has 2 aliphatic rings. The summed E-state index contributed by atoms with van der Waals surface area (Å²) in [7, 11) is 0. The Morgan fingerprint density at radius 2 is 2.30 bits per heavy atom. The maximum Gasteiger partial charge on any atom is 0.257 e. The molecule has 2 heterocycles. The van der Waals surface area contributed by atoms with E-state index < -0.39 is 0 Å². The van der Waals surface area contributed by atoms with E-state index in [2.05, 4.69) is 27.3 Å². The molecule has 0 bridgehead atoms. The first-order valence-electron chi connectivity index (χ1n) is 7.91. The minimum absolute atomic E-state index is 0.159. The molecule has 0 atom stereocenters. The molecule has 6 nitrogen and oxygen atoms in total. The van der Waals surface area contributed by atoms with Gasteiger partial charge in [0.1, 0.15) is 17.4 Å². The van der Waals surface area contributed by atoms with E-state index in [4.69, 9.17) is 4.74 Å². The molecule has 7 heteroatoms. The van der Waals surface area contributed by atoms with Crippen molar-refractivity contribution in [3.63, 3.8) is 0 Å². The van der Waals surface area contributed by atoms with Gasteiger partial charge in [0.15, 0.2) is 0 Å². The fourth-order valence-electron chi connectivity index (χ4n) is 2.69. The predicted molar refractivity (Wildman–Crippen MR) is 89.7 cm³/mol. The van der Waals surface area contributed by atoms with Crippen molar-refractivity contribution in [2.45, 2.75) is 25.7 Å². The first-order valence-corrected chi connectivity index (χ1v) is 8.73. The summed E-state index contributed by atoms with van der Waals surface area (Å²) in [6.45, 7) is 4.52. The van der Waals surface area contributed by atoms with Crippen LogP contribution in [0.5, 0.6) is 5.75 Å². The van der Waals surface area contributed by atoms with Crippen molar-refractivity contribution >= 4 is 28.1 Å².